The number of aromatic nitrogens is 2. The van der Waals surface area contributed by atoms with Gasteiger partial charge < -0.3 is 10.2 Å². The Balaban J connectivity index is 1.59. The molecule has 1 aliphatic heterocycles. The lowest BCUT2D eigenvalue weighted by Crippen LogP contribution is -2.36. The number of benzene rings is 2. The molecule has 0 spiro atoms. The summed E-state index contributed by atoms with van der Waals surface area (Å²) in [7, 11) is 0. The van der Waals surface area contributed by atoms with Crippen LogP contribution in [0.25, 0.3) is 0 Å². The van der Waals surface area contributed by atoms with Crippen LogP contribution in [0.2, 0.25) is 5.02 Å². The van der Waals surface area contributed by atoms with E-state index in [0.29, 0.717) is 35.4 Å². The predicted octanol–water partition coefficient (Wildman–Crippen LogP) is 4.69. The first-order chi connectivity index (χ1) is 13.5. The SMILES string of the molecule is Cc1nc(Nc2cccc(Cl)c2C)cc(C(=O)N2CCc3ccccc3C2)n1. The zero-order chi connectivity index (χ0) is 19.7. The largest absolute Gasteiger partial charge is 0.340 e. The fourth-order valence-corrected chi connectivity index (χ4v) is 3.63. The third-order valence-corrected chi connectivity index (χ3v) is 5.41. The summed E-state index contributed by atoms with van der Waals surface area (Å²) in [5.74, 6) is 1.05. The Labute approximate surface area is 169 Å². The molecular weight excluding hydrogens is 372 g/mol. The summed E-state index contributed by atoms with van der Waals surface area (Å²) in [6, 6.07) is 15.6. The van der Waals surface area contributed by atoms with Gasteiger partial charge in [-0.3, -0.25) is 4.79 Å². The summed E-state index contributed by atoms with van der Waals surface area (Å²) in [6.45, 7) is 5.03. The van der Waals surface area contributed by atoms with Gasteiger partial charge in [0.15, 0.2) is 0 Å². The highest BCUT2D eigenvalue weighted by Crippen LogP contribution is 2.26. The van der Waals surface area contributed by atoms with Gasteiger partial charge in [-0.15, -0.1) is 0 Å². The second-order valence-electron chi connectivity index (χ2n) is 6.97. The minimum atomic E-state index is -0.0779. The molecule has 2 heterocycles. The maximum absolute atomic E-state index is 13.1. The smallest absolute Gasteiger partial charge is 0.272 e. The van der Waals surface area contributed by atoms with Crippen LogP contribution in [-0.4, -0.2) is 27.3 Å². The van der Waals surface area contributed by atoms with Crippen molar-refractivity contribution in [2.45, 2.75) is 26.8 Å². The average Bonchev–Trinajstić information content (AvgIpc) is 2.70. The van der Waals surface area contributed by atoms with E-state index in [1.807, 2.05) is 42.2 Å². The van der Waals surface area contributed by atoms with Crippen molar-refractivity contribution in [3.8, 4) is 0 Å². The Morgan fingerprint density at radius 2 is 1.86 bits per heavy atom. The molecule has 0 bridgehead atoms. The van der Waals surface area contributed by atoms with Gasteiger partial charge in [-0.25, -0.2) is 9.97 Å². The monoisotopic (exact) mass is 392 g/mol. The minimum absolute atomic E-state index is 0.0779. The molecule has 0 saturated heterocycles. The van der Waals surface area contributed by atoms with Crippen molar-refractivity contribution < 1.29 is 4.79 Å². The molecule has 0 saturated carbocycles. The molecule has 6 heteroatoms. The van der Waals surface area contributed by atoms with E-state index in [1.54, 1.807) is 13.0 Å². The molecule has 2 aromatic carbocycles. The number of halogens is 1. The van der Waals surface area contributed by atoms with E-state index in [9.17, 15) is 4.79 Å². The summed E-state index contributed by atoms with van der Waals surface area (Å²) in [6.07, 6.45) is 0.860. The van der Waals surface area contributed by atoms with Gasteiger partial charge >= 0.3 is 0 Å². The van der Waals surface area contributed by atoms with Crippen molar-refractivity contribution in [2.75, 3.05) is 11.9 Å². The van der Waals surface area contributed by atoms with Gasteiger partial charge in [-0.1, -0.05) is 41.9 Å². The number of hydrogen-bond donors (Lipinski definition) is 1. The van der Waals surface area contributed by atoms with Gasteiger partial charge in [0.1, 0.15) is 17.3 Å². The van der Waals surface area contributed by atoms with Gasteiger partial charge in [-0.05, 0) is 49.1 Å². The van der Waals surface area contributed by atoms with Crippen LogP contribution in [0.1, 0.15) is 33.0 Å². The molecular formula is C22H21ClN4O. The third kappa shape index (κ3) is 3.71. The summed E-state index contributed by atoms with van der Waals surface area (Å²) < 4.78 is 0. The number of carbonyl (C=O) groups excluding carboxylic acids is 1. The second-order valence-corrected chi connectivity index (χ2v) is 7.38. The molecule has 142 valence electrons. The first-order valence-corrected chi connectivity index (χ1v) is 9.63. The number of nitrogens with one attached hydrogen (secondary N) is 1. The van der Waals surface area contributed by atoms with Crippen molar-refractivity contribution in [2.24, 2.45) is 0 Å². The quantitative estimate of drug-likeness (QED) is 0.702. The molecule has 1 aromatic heterocycles. The van der Waals surface area contributed by atoms with Gasteiger partial charge in [0.25, 0.3) is 5.91 Å². The minimum Gasteiger partial charge on any atom is -0.340 e. The molecule has 28 heavy (non-hydrogen) atoms. The van der Waals surface area contributed by atoms with E-state index < -0.39 is 0 Å². The van der Waals surface area contributed by atoms with Gasteiger partial charge in [0.05, 0.1) is 0 Å². The van der Waals surface area contributed by atoms with E-state index in [2.05, 4.69) is 27.4 Å². The fourth-order valence-electron chi connectivity index (χ4n) is 3.45. The maximum atomic E-state index is 13.1. The van der Waals surface area contributed by atoms with Gasteiger partial charge in [-0.2, -0.15) is 0 Å². The Morgan fingerprint density at radius 3 is 2.68 bits per heavy atom. The molecule has 0 unspecified atom stereocenters. The molecule has 4 rings (SSSR count). The van der Waals surface area contributed by atoms with E-state index in [4.69, 9.17) is 11.6 Å². The summed E-state index contributed by atoms with van der Waals surface area (Å²) in [5.41, 5.74) is 4.69. The van der Waals surface area contributed by atoms with Crippen molar-refractivity contribution in [3.63, 3.8) is 0 Å². The Hall–Kier alpha value is -2.92. The normalized spacial score (nSPS) is 13.2. The number of carbonyl (C=O) groups is 1. The van der Waals surface area contributed by atoms with Crippen LogP contribution < -0.4 is 5.32 Å². The highest BCUT2D eigenvalue weighted by Gasteiger charge is 2.23. The number of anilines is 2. The molecule has 0 fully saturated rings. The Bertz CT molecular complexity index is 1050. The van der Waals surface area contributed by atoms with Crippen molar-refractivity contribution in [3.05, 3.63) is 81.8 Å². The van der Waals surface area contributed by atoms with Crippen LogP contribution >= 0.6 is 11.6 Å². The summed E-state index contributed by atoms with van der Waals surface area (Å²) >= 11 is 6.20. The third-order valence-electron chi connectivity index (χ3n) is 5.01. The topological polar surface area (TPSA) is 58.1 Å². The number of fused-ring (bicyclic) bond motifs is 1. The van der Waals surface area contributed by atoms with Crippen LogP contribution in [0.5, 0.6) is 0 Å². The molecule has 0 radical (unpaired) electrons. The number of rotatable bonds is 3. The highest BCUT2D eigenvalue weighted by atomic mass is 35.5. The summed E-state index contributed by atoms with van der Waals surface area (Å²) in [4.78, 5) is 23.7. The number of amides is 1. The molecule has 1 N–H and O–H groups in total. The van der Waals surface area contributed by atoms with E-state index >= 15 is 0 Å². The molecule has 5 nitrogen and oxygen atoms in total. The highest BCUT2D eigenvalue weighted by molar-refractivity contribution is 6.31. The lowest BCUT2D eigenvalue weighted by atomic mass is 10.00. The van der Waals surface area contributed by atoms with Gasteiger partial charge in [0.2, 0.25) is 0 Å². The van der Waals surface area contributed by atoms with E-state index in [0.717, 1.165) is 17.7 Å². The second kappa shape index (κ2) is 7.60. The van der Waals surface area contributed by atoms with Crippen molar-refractivity contribution in [1.29, 1.82) is 0 Å². The molecule has 1 amide bonds. The van der Waals surface area contributed by atoms with E-state index in [-0.39, 0.29) is 5.91 Å². The fraction of sp³-hybridized carbons (Fsp3) is 0.227. The van der Waals surface area contributed by atoms with Crippen molar-refractivity contribution in [1.82, 2.24) is 14.9 Å². The lowest BCUT2D eigenvalue weighted by Gasteiger charge is -2.28. The number of hydrogen-bond acceptors (Lipinski definition) is 4. The van der Waals surface area contributed by atoms with Crippen molar-refractivity contribution >= 4 is 29.0 Å². The van der Waals surface area contributed by atoms with Crippen LogP contribution in [0.15, 0.2) is 48.5 Å². The molecule has 3 aromatic rings. The van der Waals surface area contributed by atoms with Crippen LogP contribution in [0.4, 0.5) is 11.5 Å². The standard InChI is InChI=1S/C22H21ClN4O/c1-14-18(23)8-5-9-19(14)26-21-12-20(24-15(2)25-21)22(28)27-11-10-16-6-3-4-7-17(16)13-27/h3-9,12H,10-11,13H2,1-2H3,(H,24,25,26). The van der Waals surface area contributed by atoms with Crippen LogP contribution in [-0.2, 0) is 13.0 Å². The zero-order valence-corrected chi connectivity index (χ0v) is 16.6. The maximum Gasteiger partial charge on any atom is 0.272 e. The summed E-state index contributed by atoms with van der Waals surface area (Å²) in [5, 5.41) is 3.94. The molecule has 0 atom stereocenters. The Morgan fingerprint density at radius 1 is 1.07 bits per heavy atom. The van der Waals surface area contributed by atoms with E-state index in [1.165, 1.54) is 11.1 Å². The predicted molar refractivity (Wildman–Crippen MR) is 111 cm³/mol. The first kappa shape index (κ1) is 18.4. The van der Waals surface area contributed by atoms with Gasteiger partial charge in [0, 0.05) is 29.9 Å². The Kier molecular flexibility index (Phi) is 5.01. The average molecular weight is 393 g/mol. The van der Waals surface area contributed by atoms with Crippen LogP contribution in [0, 0.1) is 13.8 Å². The van der Waals surface area contributed by atoms with Crippen LogP contribution in [0.3, 0.4) is 0 Å². The zero-order valence-electron chi connectivity index (χ0n) is 15.9. The molecule has 0 aliphatic carbocycles. The first-order valence-electron chi connectivity index (χ1n) is 9.25. The molecule has 1 aliphatic rings. The number of nitrogens with zero attached hydrogens (tertiary/aromatic N) is 3. The lowest BCUT2D eigenvalue weighted by molar-refractivity contribution is 0.0728. The number of aryl methyl sites for hydroxylation is 1.